The Labute approximate surface area is 202 Å². The topological polar surface area (TPSA) is 81.2 Å². The summed E-state index contributed by atoms with van der Waals surface area (Å²) in [7, 11) is 0. The summed E-state index contributed by atoms with van der Waals surface area (Å²) in [5.41, 5.74) is 5.37. The van der Waals surface area contributed by atoms with Gasteiger partial charge in [-0.3, -0.25) is 9.78 Å². The molecule has 3 unspecified atom stereocenters. The number of rotatable bonds is 6. The van der Waals surface area contributed by atoms with E-state index in [9.17, 15) is 9.59 Å². The molecule has 182 valence electrons. The average Bonchev–Trinajstić information content (AvgIpc) is 2.81. The molecule has 4 rings (SSSR count). The summed E-state index contributed by atoms with van der Waals surface area (Å²) in [5.74, 6) is 0.120. The van der Waals surface area contributed by atoms with Gasteiger partial charge in [-0.1, -0.05) is 52.3 Å². The normalized spacial score (nSPS) is 25.9. The minimum Gasteiger partial charge on any atom is -0.451 e. The summed E-state index contributed by atoms with van der Waals surface area (Å²) in [5, 5.41) is 3.05. The highest BCUT2D eigenvalue weighted by atomic mass is 16.5. The second-order valence-corrected chi connectivity index (χ2v) is 11.0. The lowest BCUT2D eigenvalue weighted by molar-refractivity contribution is -0.125. The molecule has 1 amide bonds. The van der Waals surface area contributed by atoms with Crippen LogP contribution in [0.1, 0.15) is 92.2 Å². The van der Waals surface area contributed by atoms with E-state index >= 15 is 0 Å². The Kier molecular flexibility index (Phi) is 6.79. The van der Waals surface area contributed by atoms with Gasteiger partial charge in [-0.15, -0.1) is 0 Å². The number of amides is 1. The molecule has 0 spiro atoms. The maximum atomic E-state index is 12.5. The Morgan fingerprint density at radius 2 is 1.97 bits per heavy atom. The Morgan fingerprint density at radius 1 is 1.18 bits per heavy atom. The van der Waals surface area contributed by atoms with Gasteiger partial charge in [0, 0.05) is 12.7 Å². The number of nitrogens with one attached hydrogen (secondary N) is 1. The van der Waals surface area contributed by atoms with Crippen LogP contribution in [0.15, 0.2) is 30.6 Å². The van der Waals surface area contributed by atoms with E-state index in [-0.39, 0.29) is 29.0 Å². The molecule has 1 N–H and O–H groups in total. The number of aryl methyl sites for hydroxylation is 2. The van der Waals surface area contributed by atoms with Gasteiger partial charge in [0.05, 0.1) is 11.9 Å². The molecule has 2 aromatic rings. The van der Waals surface area contributed by atoms with Crippen LogP contribution in [0.5, 0.6) is 0 Å². The van der Waals surface area contributed by atoms with Gasteiger partial charge in [-0.25, -0.2) is 9.78 Å². The number of carbonyl (C=O) groups excluding carboxylic acids is 2. The van der Waals surface area contributed by atoms with Gasteiger partial charge in [0.2, 0.25) is 0 Å². The first-order valence-corrected chi connectivity index (χ1v) is 12.5. The zero-order valence-corrected chi connectivity index (χ0v) is 21.1. The van der Waals surface area contributed by atoms with Gasteiger partial charge >= 0.3 is 5.97 Å². The van der Waals surface area contributed by atoms with Gasteiger partial charge in [-0.05, 0) is 72.0 Å². The molecule has 6 nitrogen and oxygen atoms in total. The van der Waals surface area contributed by atoms with E-state index in [1.807, 2.05) is 0 Å². The Bertz CT molecular complexity index is 1070. The maximum absolute atomic E-state index is 12.5. The molecule has 1 saturated carbocycles. The fourth-order valence-corrected chi connectivity index (χ4v) is 6.27. The summed E-state index contributed by atoms with van der Waals surface area (Å²) in [6, 6.07) is 7.09. The molecule has 6 heteroatoms. The van der Waals surface area contributed by atoms with Gasteiger partial charge in [0.25, 0.3) is 5.91 Å². The third kappa shape index (κ3) is 4.73. The van der Waals surface area contributed by atoms with Crippen molar-refractivity contribution in [2.24, 2.45) is 11.3 Å². The number of hydrogen-bond donors (Lipinski definition) is 1. The van der Waals surface area contributed by atoms with Crippen molar-refractivity contribution in [3.63, 3.8) is 0 Å². The molecule has 0 bridgehead atoms. The molecule has 2 aliphatic carbocycles. The van der Waals surface area contributed by atoms with Crippen molar-refractivity contribution in [3.05, 3.63) is 58.7 Å². The molecule has 2 aliphatic rings. The van der Waals surface area contributed by atoms with E-state index in [1.165, 1.54) is 35.5 Å². The first-order valence-electron chi connectivity index (χ1n) is 12.5. The second kappa shape index (κ2) is 9.47. The fourth-order valence-electron chi connectivity index (χ4n) is 6.27. The molecule has 1 fully saturated rings. The molecule has 34 heavy (non-hydrogen) atoms. The molecule has 0 radical (unpaired) electrons. The zero-order valence-electron chi connectivity index (χ0n) is 21.1. The summed E-state index contributed by atoms with van der Waals surface area (Å²) in [4.78, 5) is 32.7. The Morgan fingerprint density at radius 3 is 2.68 bits per heavy atom. The van der Waals surface area contributed by atoms with Crippen molar-refractivity contribution < 1.29 is 14.3 Å². The zero-order chi connectivity index (χ0) is 24.5. The summed E-state index contributed by atoms with van der Waals surface area (Å²) < 4.78 is 5.15. The standard InChI is InChI=1S/C28H37N3O3/c1-18(2)20-7-9-22-21(13-20)8-10-24-27(4,11-6-12-28(22,24)5)17-31-25(32)16-34-26(33)23-15-29-19(3)14-30-23/h7,9,13-15,18,24H,6,8,10-12,16-17H2,1-5H3,(H,31,32). The lowest BCUT2D eigenvalue weighted by Crippen LogP contribution is -2.53. The van der Waals surface area contributed by atoms with E-state index in [0.717, 1.165) is 25.7 Å². The minimum atomic E-state index is -0.635. The number of benzene rings is 1. The minimum absolute atomic E-state index is 0.00348. The summed E-state index contributed by atoms with van der Waals surface area (Å²) in [6.45, 7) is 11.3. The van der Waals surface area contributed by atoms with Crippen molar-refractivity contribution in [1.82, 2.24) is 15.3 Å². The van der Waals surface area contributed by atoms with Crippen LogP contribution in [-0.4, -0.2) is 35.0 Å². The van der Waals surface area contributed by atoms with Gasteiger partial charge in [0.15, 0.2) is 12.3 Å². The molecular weight excluding hydrogens is 426 g/mol. The fraction of sp³-hybridized carbons (Fsp3) is 0.571. The third-order valence-corrected chi connectivity index (χ3v) is 8.18. The van der Waals surface area contributed by atoms with Crippen LogP contribution < -0.4 is 5.32 Å². The van der Waals surface area contributed by atoms with E-state index in [1.54, 1.807) is 6.92 Å². The number of carbonyl (C=O) groups is 2. The number of hydrogen-bond acceptors (Lipinski definition) is 5. The van der Waals surface area contributed by atoms with Crippen LogP contribution in [-0.2, 0) is 21.4 Å². The monoisotopic (exact) mass is 463 g/mol. The number of aromatic nitrogens is 2. The van der Waals surface area contributed by atoms with E-state index < -0.39 is 5.97 Å². The van der Waals surface area contributed by atoms with Gasteiger partial charge in [-0.2, -0.15) is 0 Å². The average molecular weight is 464 g/mol. The lowest BCUT2D eigenvalue weighted by atomic mass is 9.49. The smallest absolute Gasteiger partial charge is 0.359 e. The van der Waals surface area contributed by atoms with Crippen LogP contribution in [0, 0.1) is 18.3 Å². The van der Waals surface area contributed by atoms with Crippen molar-refractivity contribution in [2.75, 3.05) is 13.2 Å². The first-order chi connectivity index (χ1) is 16.1. The number of ether oxygens (including phenoxy) is 1. The SMILES string of the molecule is Cc1cnc(C(=O)OCC(=O)NCC2(C)CCCC3(C)c4ccc(C(C)C)cc4CCC23)cn1. The predicted molar refractivity (Wildman–Crippen MR) is 132 cm³/mol. The highest BCUT2D eigenvalue weighted by molar-refractivity contribution is 5.89. The van der Waals surface area contributed by atoms with Crippen LogP contribution in [0.2, 0.25) is 0 Å². The van der Waals surface area contributed by atoms with Crippen molar-refractivity contribution in [1.29, 1.82) is 0 Å². The van der Waals surface area contributed by atoms with Crippen molar-refractivity contribution in [2.45, 2.75) is 78.1 Å². The van der Waals surface area contributed by atoms with Crippen LogP contribution >= 0.6 is 0 Å². The molecule has 1 aromatic heterocycles. The molecule has 1 heterocycles. The number of fused-ring (bicyclic) bond motifs is 3. The van der Waals surface area contributed by atoms with Crippen molar-refractivity contribution >= 4 is 11.9 Å². The summed E-state index contributed by atoms with van der Waals surface area (Å²) >= 11 is 0. The van der Waals surface area contributed by atoms with Crippen molar-refractivity contribution in [3.8, 4) is 0 Å². The second-order valence-electron chi connectivity index (χ2n) is 11.0. The number of esters is 1. The highest BCUT2D eigenvalue weighted by Gasteiger charge is 2.51. The van der Waals surface area contributed by atoms with E-state index in [0.29, 0.717) is 24.1 Å². The summed E-state index contributed by atoms with van der Waals surface area (Å²) in [6.07, 6.45) is 8.52. The van der Waals surface area contributed by atoms with E-state index in [4.69, 9.17) is 4.74 Å². The molecule has 0 saturated heterocycles. The molecule has 0 aliphatic heterocycles. The van der Waals surface area contributed by atoms with Gasteiger partial charge < -0.3 is 10.1 Å². The van der Waals surface area contributed by atoms with Crippen LogP contribution in [0.25, 0.3) is 0 Å². The number of nitrogens with zero attached hydrogens (tertiary/aromatic N) is 2. The molecular formula is C28H37N3O3. The van der Waals surface area contributed by atoms with E-state index in [2.05, 4.69) is 61.2 Å². The maximum Gasteiger partial charge on any atom is 0.359 e. The Hall–Kier alpha value is -2.76. The predicted octanol–water partition coefficient (Wildman–Crippen LogP) is 4.89. The Balaban J connectivity index is 1.40. The quantitative estimate of drug-likeness (QED) is 0.617. The third-order valence-electron chi connectivity index (χ3n) is 8.18. The molecule has 3 atom stereocenters. The van der Waals surface area contributed by atoms with Crippen LogP contribution in [0.3, 0.4) is 0 Å². The van der Waals surface area contributed by atoms with Crippen LogP contribution in [0.4, 0.5) is 0 Å². The van der Waals surface area contributed by atoms with Gasteiger partial charge in [0.1, 0.15) is 0 Å². The highest BCUT2D eigenvalue weighted by Crippen LogP contribution is 2.57. The lowest BCUT2D eigenvalue weighted by Gasteiger charge is -2.55. The largest absolute Gasteiger partial charge is 0.451 e. The molecule has 1 aromatic carbocycles. The first kappa shape index (κ1) is 24.4.